The first-order chi connectivity index (χ1) is 34.0. The maximum atomic E-state index is 6.32. The predicted octanol–water partition coefficient (Wildman–Crippen LogP) is 15.2. The summed E-state index contributed by atoms with van der Waals surface area (Å²) < 4.78 is 12.6. The zero-order valence-corrected chi connectivity index (χ0v) is 40.3. The van der Waals surface area contributed by atoms with Crippen LogP contribution in [0.25, 0.3) is 90.1 Å². The minimum Gasteiger partial charge on any atom is -0.399 e. The molecule has 0 spiro atoms. The van der Waals surface area contributed by atoms with Crippen LogP contribution in [0.3, 0.4) is 0 Å². The Morgan fingerprint density at radius 3 is 1.07 bits per heavy atom. The SMILES string of the molecule is CC1(C)OB(c2cccc(-c3nc(-c4ccccc4)cc(-c4cccc(-c5ccccc5)c4)n3)c2)OC1(C)C.Clc1cccc(-c2nc(-c3ccccc3)cc(-c3cccc(-c4ccccc4)c3)n2)c1. The highest BCUT2D eigenvalue weighted by molar-refractivity contribution is 6.62. The Balaban J connectivity index is 0.000000166. The number of benzene rings is 8. The molecule has 340 valence electrons. The summed E-state index contributed by atoms with van der Waals surface area (Å²) in [6.45, 7) is 8.27. The Morgan fingerprint density at radius 2 is 0.643 bits per heavy atom. The number of hydrogen-bond donors (Lipinski definition) is 0. The minimum atomic E-state index is -0.450. The fraction of sp³-hybridized carbons (Fsp3) is 0.0968. The third-order valence-electron chi connectivity index (χ3n) is 12.9. The van der Waals surface area contributed by atoms with Crippen LogP contribution in [0.15, 0.2) is 231 Å². The predicted molar refractivity (Wildman–Crippen MR) is 288 cm³/mol. The van der Waals surface area contributed by atoms with Crippen molar-refractivity contribution in [3.8, 4) is 90.1 Å². The Bertz CT molecular complexity index is 3390. The molecule has 10 aromatic rings. The lowest BCUT2D eigenvalue weighted by Crippen LogP contribution is -2.41. The van der Waals surface area contributed by atoms with E-state index in [9.17, 15) is 0 Å². The molecule has 2 aromatic heterocycles. The highest BCUT2D eigenvalue weighted by atomic mass is 35.5. The van der Waals surface area contributed by atoms with Gasteiger partial charge in [-0.25, -0.2) is 19.9 Å². The van der Waals surface area contributed by atoms with Gasteiger partial charge in [-0.15, -0.1) is 0 Å². The van der Waals surface area contributed by atoms with Gasteiger partial charge < -0.3 is 9.31 Å². The molecule has 0 bridgehead atoms. The number of rotatable bonds is 9. The first-order valence-corrected chi connectivity index (χ1v) is 23.9. The van der Waals surface area contributed by atoms with Crippen LogP contribution in [-0.2, 0) is 9.31 Å². The zero-order valence-electron chi connectivity index (χ0n) is 39.5. The van der Waals surface area contributed by atoms with Crippen LogP contribution in [-0.4, -0.2) is 38.3 Å². The second-order valence-corrected chi connectivity index (χ2v) is 18.7. The molecule has 0 unspecified atom stereocenters. The maximum Gasteiger partial charge on any atom is 0.494 e. The van der Waals surface area contributed by atoms with E-state index < -0.39 is 18.3 Å². The van der Waals surface area contributed by atoms with Crippen LogP contribution in [0, 0.1) is 0 Å². The monoisotopic (exact) mass is 928 g/mol. The van der Waals surface area contributed by atoms with Gasteiger partial charge in [-0.05, 0) is 91.8 Å². The van der Waals surface area contributed by atoms with E-state index in [2.05, 4.69) is 161 Å². The third-order valence-corrected chi connectivity index (χ3v) is 13.1. The smallest absolute Gasteiger partial charge is 0.399 e. The summed E-state index contributed by atoms with van der Waals surface area (Å²) in [6.07, 6.45) is 0. The standard InChI is InChI=1S/C34H31BN2O2.C28H19ClN2/c1-33(2)34(3,4)39-35(38-33)29-20-12-19-28(22-29)32-36-30(25-15-9-6-10-16-25)23-31(37-32)27-18-11-17-26(21-27)24-13-7-5-8-14-24;29-25-16-8-15-24(18-25)28-30-26(21-11-5-2-6-12-21)19-27(31-28)23-14-7-13-22(17-23)20-9-3-1-4-10-20/h5-23H,1-4H3;1-19H. The van der Waals surface area contributed by atoms with Gasteiger partial charge in [-0.1, -0.05) is 206 Å². The molecular formula is C62H50BClN4O2. The van der Waals surface area contributed by atoms with E-state index in [1.165, 1.54) is 11.1 Å². The minimum absolute atomic E-state index is 0.408. The molecule has 0 amide bonds. The maximum absolute atomic E-state index is 6.32. The van der Waals surface area contributed by atoms with Crippen molar-refractivity contribution in [3.05, 3.63) is 236 Å². The second-order valence-electron chi connectivity index (χ2n) is 18.3. The van der Waals surface area contributed by atoms with E-state index in [1.807, 2.05) is 97.1 Å². The zero-order chi connectivity index (χ0) is 48.1. The molecule has 8 heteroatoms. The molecule has 1 aliphatic heterocycles. The number of halogens is 1. The second kappa shape index (κ2) is 20.0. The molecule has 1 fully saturated rings. The van der Waals surface area contributed by atoms with Gasteiger partial charge in [0.1, 0.15) is 0 Å². The summed E-state index contributed by atoms with van der Waals surface area (Å²) in [6, 6.07) is 78.1. The highest BCUT2D eigenvalue weighted by Gasteiger charge is 2.51. The van der Waals surface area contributed by atoms with Crippen LogP contribution < -0.4 is 5.46 Å². The van der Waals surface area contributed by atoms with Crippen molar-refractivity contribution in [2.75, 3.05) is 0 Å². The van der Waals surface area contributed by atoms with Crippen LogP contribution in [0.2, 0.25) is 5.02 Å². The molecule has 3 heterocycles. The number of hydrogen-bond acceptors (Lipinski definition) is 6. The molecule has 11 rings (SSSR count). The Hall–Kier alpha value is -7.81. The fourth-order valence-electron chi connectivity index (χ4n) is 8.37. The lowest BCUT2D eigenvalue weighted by molar-refractivity contribution is 0.00578. The molecular weight excluding hydrogens is 879 g/mol. The van der Waals surface area contributed by atoms with Gasteiger partial charge in [0.05, 0.1) is 34.0 Å². The van der Waals surface area contributed by atoms with Crippen molar-refractivity contribution >= 4 is 24.2 Å². The molecule has 8 aromatic carbocycles. The van der Waals surface area contributed by atoms with Gasteiger partial charge in [0.25, 0.3) is 0 Å². The van der Waals surface area contributed by atoms with Crippen molar-refractivity contribution in [1.82, 2.24) is 19.9 Å². The van der Waals surface area contributed by atoms with Crippen molar-refractivity contribution in [2.45, 2.75) is 38.9 Å². The van der Waals surface area contributed by atoms with Gasteiger partial charge in [0.15, 0.2) is 11.6 Å². The van der Waals surface area contributed by atoms with Gasteiger partial charge in [0.2, 0.25) is 0 Å². The van der Waals surface area contributed by atoms with E-state index in [-0.39, 0.29) is 0 Å². The first-order valence-electron chi connectivity index (χ1n) is 23.5. The van der Waals surface area contributed by atoms with Crippen LogP contribution in [0.1, 0.15) is 27.7 Å². The van der Waals surface area contributed by atoms with Crippen LogP contribution >= 0.6 is 11.6 Å². The van der Waals surface area contributed by atoms with Crippen LogP contribution in [0.5, 0.6) is 0 Å². The van der Waals surface area contributed by atoms with Crippen LogP contribution in [0.4, 0.5) is 0 Å². The summed E-state index contributed by atoms with van der Waals surface area (Å²) in [5.41, 5.74) is 14.3. The van der Waals surface area contributed by atoms with E-state index in [0.717, 1.165) is 72.7 Å². The Kier molecular flexibility index (Phi) is 13.2. The van der Waals surface area contributed by atoms with E-state index in [1.54, 1.807) is 0 Å². The topological polar surface area (TPSA) is 70.0 Å². The molecule has 0 aliphatic carbocycles. The fourth-order valence-corrected chi connectivity index (χ4v) is 8.56. The lowest BCUT2D eigenvalue weighted by atomic mass is 9.78. The normalized spacial score (nSPS) is 13.6. The molecule has 0 radical (unpaired) electrons. The van der Waals surface area contributed by atoms with Gasteiger partial charge in [-0.2, -0.15) is 0 Å². The van der Waals surface area contributed by atoms with Crippen molar-refractivity contribution in [2.24, 2.45) is 0 Å². The van der Waals surface area contributed by atoms with Crippen molar-refractivity contribution in [1.29, 1.82) is 0 Å². The third kappa shape index (κ3) is 10.3. The molecule has 1 saturated heterocycles. The molecule has 6 nitrogen and oxygen atoms in total. The van der Waals surface area contributed by atoms with Gasteiger partial charge >= 0.3 is 7.12 Å². The van der Waals surface area contributed by atoms with Crippen molar-refractivity contribution < 1.29 is 9.31 Å². The Labute approximate surface area is 415 Å². The van der Waals surface area contributed by atoms with E-state index in [0.29, 0.717) is 16.7 Å². The average molecular weight is 929 g/mol. The van der Waals surface area contributed by atoms with E-state index >= 15 is 0 Å². The quantitative estimate of drug-likeness (QED) is 0.134. The lowest BCUT2D eigenvalue weighted by Gasteiger charge is -2.32. The number of nitrogens with zero attached hydrogens (tertiary/aromatic N) is 4. The number of aromatic nitrogens is 4. The average Bonchev–Trinajstić information content (AvgIpc) is 3.65. The Morgan fingerprint density at radius 1 is 0.314 bits per heavy atom. The summed E-state index contributed by atoms with van der Waals surface area (Å²) in [7, 11) is -0.450. The summed E-state index contributed by atoms with van der Waals surface area (Å²) in [5, 5.41) is 0.666. The van der Waals surface area contributed by atoms with E-state index in [4.69, 9.17) is 40.8 Å². The molecule has 0 saturated carbocycles. The molecule has 0 atom stereocenters. The summed E-state index contributed by atoms with van der Waals surface area (Å²) in [5.74, 6) is 1.32. The van der Waals surface area contributed by atoms with Gasteiger partial charge in [0, 0.05) is 38.4 Å². The molecule has 0 N–H and O–H groups in total. The summed E-state index contributed by atoms with van der Waals surface area (Å²) >= 11 is 6.24. The summed E-state index contributed by atoms with van der Waals surface area (Å²) in [4.78, 5) is 19.8. The highest BCUT2D eigenvalue weighted by Crippen LogP contribution is 2.37. The first kappa shape index (κ1) is 46.0. The van der Waals surface area contributed by atoms with Gasteiger partial charge in [-0.3, -0.25) is 0 Å². The largest absolute Gasteiger partial charge is 0.494 e. The molecule has 70 heavy (non-hydrogen) atoms. The van der Waals surface area contributed by atoms with Crippen molar-refractivity contribution in [3.63, 3.8) is 0 Å². The molecule has 1 aliphatic rings.